The summed E-state index contributed by atoms with van der Waals surface area (Å²) >= 11 is 1.25. The van der Waals surface area contributed by atoms with Crippen molar-refractivity contribution in [2.75, 3.05) is 5.73 Å². The summed E-state index contributed by atoms with van der Waals surface area (Å²) < 4.78 is 28.7. The van der Waals surface area contributed by atoms with Crippen LogP contribution in [0.4, 0.5) is 13.9 Å². The highest BCUT2D eigenvalue weighted by Gasteiger charge is 2.12. The van der Waals surface area contributed by atoms with Gasteiger partial charge in [0.05, 0.1) is 5.69 Å². The Morgan fingerprint density at radius 3 is 2.59 bits per heavy atom. The third kappa shape index (κ3) is 3.37. The molecule has 1 aromatic heterocycles. The van der Waals surface area contributed by atoms with Crippen molar-refractivity contribution in [3.63, 3.8) is 0 Å². The van der Waals surface area contributed by atoms with E-state index in [0.717, 1.165) is 0 Å². The monoisotopic (exact) mass is 322 g/mol. The fraction of sp³-hybridized carbons (Fsp3) is 0.100. The average molecular weight is 323 g/mol. The van der Waals surface area contributed by atoms with Gasteiger partial charge in [-0.15, -0.1) is 28.3 Å². The van der Waals surface area contributed by atoms with Gasteiger partial charge in [-0.2, -0.15) is 8.78 Å². The number of thiazole rings is 1. The van der Waals surface area contributed by atoms with Gasteiger partial charge >= 0.3 is 6.61 Å². The van der Waals surface area contributed by atoms with E-state index in [1.165, 1.54) is 17.4 Å². The zero-order valence-electron chi connectivity index (χ0n) is 8.47. The number of anilines is 1. The van der Waals surface area contributed by atoms with Gasteiger partial charge in [0.15, 0.2) is 5.13 Å². The summed E-state index contributed by atoms with van der Waals surface area (Å²) in [5.74, 6) is 0.0998. The van der Waals surface area contributed by atoms with Crippen molar-refractivity contribution in [2.24, 2.45) is 0 Å². The van der Waals surface area contributed by atoms with E-state index in [-0.39, 0.29) is 22.7 Å². The lowest BCUT2D eigenvalue weighted by Crippen LogP contribution is -2.03. The van der Waals surface area contributed by atoms with Crippen LogP contribution in [0.15, 0.2) is 29.6 Å². The third-order valence-corrected chi connectivity index (χ3v) is 2.57. The number of halogens is 3. The zero-order valence-corrected chi connectivity index (χ0v) is 11.0. The predicted molar refractivity (Wildman–Crippen MR) is 68.9 cm³/mol. The van der Waals surface area contributed by atoms with Crippen LogP contribution >= 0.6 is 28.3 Å². The van der Waals surface area contributed by atoms with Crippen molar-refractivity contribution >= 4 is 33.4 Å². The van der Waals surface area contributed by atoms with Gasteiger partial charge in [-0.05, 0) is 12.1 Å². The van der Waals surface area contributed by atoms with Crippen molar-refractivity contribution in [2.45, 2.75) is 6.61 Å². The second-order valence-corrected chi connectivity index (χ2v) is 3.84. The Morgan fingerprint density at radius 1 is 1.29 bits per heavy atom. The van der Waals surface area contributed by atoms with Gasteiger partial charge in [0.25, 0.3) is 0 Å². The fourth-order valence-corrected chi connectivity index (χ4v) is 1.85. The number of nitrogen functional groups attached to an aromatic ring is 1. The molecule has 0 unspecified atom stereocenters. The van der Waals surface area contributed by atoms with E-state index in [1.807, 2.05) is 0 Å². The molecule has 0 bridgehead atoms. The Balaban J connectivity index is 0.00000144. The van der Waals surface area contributed by atoms with Gasteiger partial charge in [0.1, 0.15) is 5.75 Å². The summed E-state index contributed by atoms with van der Waals surface area (Å²) in [6, 6.07) is 6.48. The van der Waals surface area contributed by atoms with Crippen molar-refractivity contribution < 1.29 is 13.5 Å². The molecule has 0 atom stereocenters. The van der Waals surface area contributed by atoms with E-state index in [1.54, 1.807) is 23.6 Å². The predicted octanol–water partition coefficient (Wildman–Crippen LogP) is 3.57. The Bertz CT molecular complexity index is 493. The van der Waals surface area contributed by atoms with Gasteiger partial charge in [0.2, 0.25) is 0 Å². The van der Waals surface area contributed by atoms with Crippen molar-refractivity contribution in [3.8, 4) is 17.0 Å². The van der Waals surface area contributed by atoms with Crippen LogP contribution in [0.5, 0.6) is 5.75 Å². The van der Waals surface area contributed by atoms with Gasteiger partial charge in [-0.3, -0.25) is 0 Å². The van der Waals surface area contributed by atoms with E-state index in [9.17, 15) is 8.78 Å². The average Bonchev–Trinajstić information content (AvgIpc) is 2.65. The second-order valence-electron chi connectivity index (χ2n) is 2.95. The van der Waals surface area contributed by atoms with Crippen LogP contribution in [0.1, 0.15) is 0 Å². The van der Waals surface area contributed by atoms with Crippen LogP contribution in [0.25, 0.3) is 11.3 Å². The molecule has 0 spiro atoms. The van der Waals surface area contributed by atoms with Crippen molar-refractivity contribution in [1.82, 2.24) is 4.98 Å². The molecular formula is C10H9BrF2N2OS. The highest BCUT2D eigenvalue weighted by Crippen LogP contribution is 2.32. The molecule has 0 amide bonds. The fourth-order valence-electron chi connectivity index (χ4n) is 1.29. The molecule has 0 saturated heterocycles. The molecular weight excluding hydrogens is 314 g/mol. The summed E-state index contributed by atoms with van der Waals surface area (Å²) in [5, 5.41) is 2.09. The van der Waals surface area contributed by atoms with Gasteiger partial charge in [-0.25, -0.2) is 4.98 Å². The quantitative estimate of drug-likeness (QED) is 0.939. The standard InChI is InChI=1S/C10H8F2N2OS.BrH/c11-9(12)15-8-4-2-1-3-6(8)7-5-16-10(13)14-7;/h1-5,9H,(H2,13,14);1H. The maximum atomic E-state index is 12.2. The minimum absolute atomic E-state index is 0. The number of aromatic nitrogens is 1. The second kappa shape index (κ2) is 5.92. The Hall–Kier alpha value is -1.21. The number of hydrogen-bond donors (Lipinski definition) is 1. The largest absolute Gasteiger partial charge is 0.434 e. The first-order valence-electron chi connectivity index (χ1n) is 4.42. The Kier molecular flexibility index (Phi) is 4.83. The summed E-state index contributed by atoms with van der Waals surface area (Å²) in [6.07, 6.45) is 0. The molecule has 1 aromatic carbocycles. The van der Waals surface area contributed by atoms with Gasteiger partial charge in [0, 0.05) is 10.9 Å². The highest BCUT2D eigenvalue weighted by molar-refractivity contribution is 8.93. The first-order chi connectivity index (χ1) is 7.66. The Labute approximate surface area is 111 Å². The summed E-state index contributed by atoms with van der Waals surface area (Å²) in [4.78, 5) is 4.02. The molecule has 7 heteroatoms. The van der Waals surface area contributed by atoms with Crippen LogP contribution < -0.4 is 10.5 Å². The molecule has 0 aliphatic heterocycles. The number of ether oxygens (including phenoxy) is 1. The lowest BCUT2D eigenvalue weighted by Gasteiger charge is -2.08. The molecule has 2 aromatic rings. The molecule has 0 radical (unpaired) electrons. The number of para-hydroxylation sites is 1. The van der Waals surface area contributed by atoms with Crippen LogP contribution in [0.3, 0.4) is 0 Å². The first kappa shape index (κ1) is 13.9. The SMILES string of the molecule is Br.Nc1nc(-c2ccccc2OC(F)F)cs1. The summed E-state index contributed by atoms with van der Waals surface area (Å²) in [5.41, 5.74) is 6.54. The minimum atomic E-state index is -2.85. The molecule has 2 N–H and O–H groups in total. The molecule has 0 aliphatic rings. The maximum Gasteiger partial charge on any atom is 0.387 e. The molecule has 1 heterocycles. The smallest absolute Gasteiger partial charge is 0.387 e. The van der Waals surface area contributed by atoms with E-state index >= 15 is 0 Å². The van der Waals surface area contributed by atoms with Crippen molar-refractivity contribution in [1.29, 1.82) is 0 Å². The zero-order chi connectivity index (χ0) is 11.5. The van der Waals surface area contributed by atoms with Crippen LogP contribution in [-0.4, -0.2) is 11.6 Å². The van der Waals surface area contributed by atoms with Gasteiger partial charge < -0.3 is 10.5 Å². The van der Waals surface area contributed by atoms with Crippen LogP contribution in [0, 0.1) is 0 Å². The molecule has 0 saturated carbocycles. The van der Waals surface area contributed by atoms with E-state index in [0.29, 0.717) is 16.4 Å². The van der Waals surface area contributed by atoms with Gasteiger partial charge in [-0.1, -0.05) is 12.1 Å². The molecule has 2 rings (SSSR count). The first-order valence-corrected chi connectivity index (χ1v) is 5.30. The number of rotatable bonds is 3. The molecule has 92 valence electrons. The summed E-state index contributed by atoms with van der Waals surface area (Å²) in [7, 11) is 0. The molecule has 0 aliphatic carbocycles. The normalized spacial score (nSPS) is 10.1. The topological polar surface area (TPSA) is 48.1 Å². The van der Waals surface area contributed by atoms with E-state index in [4.69, 9.17) is 5.73 Å². The Morgan fingerprint density at radius 2 is 2.00 bits per heavy atom. The maximum absolute atomic E-state index is 12.2. The lowest BCUT2D eigenvalue weighted by atomic mass is 10.1. The molecule has 3 nitrogen and oxygen atoms in total. The third-order valence-electron chi connectivity index (χ3n) is 1.90. The van der Waals surface area contributed by atoms with Crippen LogP contribution in [-0.2, 0) is 0 Å². The van der Waals surface area contributed by atoms with Crippen molar-refractivity contribution in [3.05, 3.63) is 29.6 Å². The lowest BCUT2D eigenvalue weighted by molar-refractivity contribution is -0.0494. The van der Waals surface area contributed by atoms with Crippen LogP contribution in [0.2, 0.25) is 0 Å². The number of nitrogens with two attached hydrogens (primary N) is 1. The number of benzene rings is 1. The van der Waals surface area contributed by atoms with E-state index < -0.39 is 6.61 Å². The summed E-state index contributed by atoms with van der Waals surface area (Å²) in [6.45, 7) is -2.85. The number of nitrogens with zero attached hydrogens (tertiary/aromatic N) is 1. The number of hydrogen-bond acceptors (Lipinski definition) is 4. The number of alkyl halides is 2. The van der Waals surface area contributed by atoms with E-state index in [2.05, 4.69) is 9.72 Å². The minimum Gasteiger partial charge on any atom is -0.434 e. The highest BCUT2D eigenvalue weighted by atomic mass is 79.9. The molecule has 0 fully saturated rings. The molecule has 17 heavy (non-hydrogen) atoms.